The van der Waals surface area contributed by atoms with E-state index < -0.39 is 12.3 Å². The van der Waals surface area contributed by atoms with Crippen LogP contribution in [0.2, 0.25) is 0 Å². The van der Waals surface area contributed by atoms with E-state index in [1.165, 1.54) is 6.08 Å². The number of ether oxygens (including phenoxy) is 2. The van der Waals surface area contributed by atoms with E-state index in [2.05, 4.69) is 13.2 Å². The van der Waals surface area contributed by atoms with Gasteiger partial charge < -0.3 is 14.6 Å². The molecule has 124 valence electrons. The standard InChI is InChI=1S/C20H20O4/c1-3-19(21)23-14-13-15-5-7-16(8-6-15)17-9-11-18(12-10-17)24-20(22)4-2/h3-12,19,21H,1-2,13-14H2. The molecule has 0 radical (unpaired) electrons. The monoisotopic (exact) mass is 324 g/mol. The molecule has 4 nitrogen and oxygen atoms in total. The largest absolute Gasteiger partial charge is 0.423 e. The predicted octanol–water partition coefficient (Wildman–Crippen LogP) is 3.51. The zero-order valence-electron chi connectivity index (χ0n) is 13.4. The van der Waals surface area contributed by atoms with Crippen LogP contribution >= 0.6 is 0 Å². The van der Waals surface area contributed by atoms with Gasteiger partial charge in [0, 0.05) is 6.08 Å². The zero-order chi connectivity index (χ0) is 17.4. The molecule has 0 aromatic heterocycles. The van der Waals surface area contributed by atoms with Crippen LogP contribution in [0.3, 0.4) is 0 Å². The molecule has 0 aliphatic heterocycles. The van der Waals surface area contributed by atoms with Crippen molar-refractivity contribution in [1.82, 2.24) is 0 Å². The Kier molecular flexibility index (Phi) is 6.49. The number of hydrogen-bond acceptors (Lipinski definition) is 4. The first kappa shape index (κ1) is 17.7. The third kappa shape index (κ3) is 5.19. The fraction of sp³-hybridized carbons (Fsp3) is 0.150. The molecule has 0 heterocycles. The molecule has 4 heteroatoms. The highest BCUT2D eigenvalue weighted by atomic mass is 16.6. The van der Waals surface area contributed by atoms with Crippen molar-refractivity contribution < 1.29 is 19.4 Å². The lowest BCUT2D eigenvalue weighted by Crippen LogP contribution is -2.10. The second kappa shape index (κ2) is 8.82. The molecule has 0 spiro atoms. The molecular formula is C20H20O4. The number of esters is 1. The lowest BCUT2D eigenvalue weighted by molar-refractivity contribution is -0.128. The molecule has 0 bridgehead atoms. The van der Waals surface area contributed by atoms with Gasteiger partial charge >= 0.3 is 5.97 Å². The van der Waals surface area contributed by atoms with Crippen molar-refractivity contribution in [3.63, 3.8) is 0 Å². The number of carbonyl (C=O) groups is 1. The Labute approximate surface area is 141 Å². The minimum atomic E-state index is -0.919. The van der Waals surface area contributed by atoms with Crippen molar-refractivity contribution in [2.45, 2.75) is 12.7 Å². The first-order chi connectivity index (χ1) is 11.6. The van der Waals surface area contributed by atoms with Gasteiger partial charge in [-0.2, -0.15) is 0 Å². The number of carbonyl (C=O) groups excluding carboxylic acids is 1. The predicted molar refractivity (Wildman–Crippen MR) is 93.6 cm³/mol. The summed E-state index contributed by atoms with van der Waals surface area (Å²) < 4.78 is 10.2. The molecule has 24 heavy (non-hydrogen) atoms. The van der Waals surface area contributed by atoms with Gasteiger partial charge in [-0.15, -0.1) is 0 Å². The topological polar surface area (TPSA) is 55.8 Å². The number of hydrogen-bond donors (Lipinski definition) is 1. The Morgan fingerprint density at radius 1 is 1.04 bits per heavy atom. The van der Waals surface area contributed by atoms with Crippen LogP contribution in [-0.4, -0.2) is 24.0 Å². The van der Waals surface area contributed by atoms with E-state index in [-0.39, 0.29) is 0 Å². The fourth-order valence-corrected chi connectivity index (χ4v) is 2.10. The summed E-state index contributed by atoms with van der Waals surface area (Å²) in [5.74, 6) is 0.00842. The molecule has 1 N–H and O–H groups in total. The molecule has 2 rings (SSSR count). The third-order valence-electron chi connectivity index (χ3n) is 3.41. The molecule has 0 saturated heterocycles. The number of rotatable bonds is 8. The van der Waals surface area contributed by atoms with E-state index in [1.54, 1.807) is 12.1 Å². The van der Waals surface area contributed by atoms with Gasteiger partial charge in [-0.1, -0.05) is 49.6 Å². The molecule has 1 atom stereocenters. The fourth-order valence-electron chi connectivity index (χ4n) is 2.10. The summed E-state index contributed by atoms with van der Waals surface area (Å²) in [6.07, 6.45) is 2.27. The summed E-state index contributed by atoms with van der Waals surface area (Å²) in [6.45, 7) is 7.24. The van der Waals surface area contributed by atoms with Gasteiger partial charge in [0.15, 0.2) is 6.29 Å². The summed E-state index contributed by atoms with van der Waals surface area (Å²) in [5, 5.41) is 9.24. The van der Waals surface area contributed by atoms with Crippen molar-refractivity contribution in [3.8, 4) is 16.9 Å². The Hall–Kier alpha value is -2.69. The second-order valence-electron chi connectivity index (χ2n) is 5.09. The van der Waals surface area contributed by atoms with Crippen LogP contribution in [0.4, 0.5) is 0 Å². The average Bonchev–Trinajstić information content (AvgIpc) is 2.62. The summed E-state index contributed by atoms with van der Waals surface area (Å²) in [6, 6.07) is 15.3. The third-order valence-corrected chi connectivity index (χ3v) is 3.41. The smallest absolute Gasteiger partial charge is 0.335 e. The van der Waals surface area contributed by atoms with E-state index in [0.29, 0.717) is 18.8 Å². The Balaban J connectivity index is 1.96. The van der Waals surface area contributed by atoms with Crippen LogP contribution < -0.4 is 4.74 Å². The van der Waals surface area contributed by atoms with Crippen molar-refractivity contribution in [3.05, 3.63) is 79.4 Å². The molecule has 0 fully saturated rings. The van der Waals surface area contributed by atoms with Crippen LogP contribution in [0.15, 0.2) is 73.8 Å². The van der Waals surface area contributed by atoms with Crippen LogP contribution in [0.1, 0.15) is 5.56 Å². The summed E-state index contributed by atoms with van der Waals surface area (Å²) in [5.41, 5.74) is 3.21. The molecule has 0 aliphatic carbocycles. The first-order valence-corrected chi connectivity index (χ1v) is 7.58. The summed E-state index contributed by atoms with van der Waals surface area (Å²) >= 11 is 0. The van der Waals surface area contributed by atoms with Crippen molar-refractivity contribution in [2.24, 2.45) is 0 Å². The van der Waals surface area contributed by atoms with Gasteiger partial charge in [0.25, 0.3) is 0 Å². The molecule has 2 aromatic carbocycles. The maximum absolute atomic E-state index is 11.1. The maximum atomic E-state index is 11.1. The zero-order valence-corrected chi connectivity index (χ0v) is 13.4. The van der Waals surface area contributed by atoms with E-state index in [1.807, 2.05) is 36.4 Å². The van der Waals surface area contributed by atoms with Crippen molar-refractivity contribution in [1.29, 1.82) is 0 Å². The second-order valence-corrected chi connectivity index (χ2v) is 5.09. The van der Waals surface area contributed by atoms with Crippen LogP contribution in [0, 0.1) is 0 Å². The Bertz CT molecular complexity index is 687. The van der Waals surface area contributed by atoms with Gasteiger partial charge in [-0.25, -0.2) is 4.79 Å². The average molecular weight is 324 g/mol. The molecule has 1 unspecified atom stereocenters. The highest BCUT2D eigenvalue weighted by Gasteiger charge is 2.03. The van der Waals surface area contributed by atoms with Gasteiger partial charge in [-0.3, -0.25) is 0 Å². The number of aliphatic hydroxyl groups excluding tert-OH is 1. The van der Waals surface area contributed by atoms with Crippen molar-refractivity contribution >= 4 is 5.97 Å². The Morgan fingerprint density at radius 2 is 1.62 bits per heavy atom. The minimum Gasteiger partial charge on any atom is -0.423 e. The number of benzene rings is 2. The lowest BCUT2D eigenvalue weighted by Gasteiger charge is -2.08. The van der Waals surface area contributed by atoms with Crippen molar-refractivity contribution in [2.75, 3.05) is 6.61 Å². The van der Waals surface area contributed by atoms with Gasteiger partial charge in [0.1, 0.15) is 5.75 Å². The highest BCUT2D eigenvalue weighted by molar-refractivity contribution is 5.83. The minimum absolute atomic E-state index is 0.426. The van der Waals surface area contributed by atoms with E-state index in [0.717, 1.165) is 22.8 Å². The van der Waals surface area contributed by atoms with Gasteiger partial charge in [0.05, 0.1) is 6.61 Å². The highest BCUT2D eigenvalue weighted by Crippen LogP contribution is 2.23. The normalized spacial score (nSPS) is 11.5. The first-order valence-electron chi connectivity index (χ1n) is 7.58. The van der Waals surface area contributed by atoms with Gasteiger partial charge in [0.2, 0.25) is 0 Å². The SMILES string of the molecule is C=CC(=O)Oc1ccc(-c2ccc(CCOC(O)C=C)cc2)cc1. The van der Waals surface area contributed by atoms with E-state index in [9.17, 15) is 9.90 Å². The Morgan fingerprint density at radius 3 is 2.17 bits per heavy atom. The maximum Gasteiger partial charge on any atom is 0.335 e. The van der Waals surface area contributed by atoms with Crippen LogP contribution in [-0.2, 0) is 16.0 Å². The molecule has 0 amide bonds. The molecule has 0 aliphatic rings. The lowest BCUT2D eigenvalue weighted by atomic mass is 10.0. The molecular weight excluding hydrogens is 304 g/mol. The van der Waals surface area contributed by atoms with E-state index in [4.69, 9.17) is 9.47 Å². The van der Waals surface area contributed by atoms with E-state index >= 15 is 0 Å². The van der Waals surface area contributed by atoms with Crippen LogP contribution in [0.5, 0.6) is 5.75 Å². The van der Waals surface area contributed by atoms with Crippen LogP contribution in [0.25, 0.3) is 11.1 Å². The quantitative estimate of drug-likeness (QED) is 0.265. The number of aliphatic hydroxyl groups is 1. The summed E-state index contributed by atoms with van der Waals surface area (Å²) in [7, 11) is 0. The van der Waals surface area contributed by atoms with Gasteiger partial charge in [-0.05, 0) is 41.3 Å². The molecule has 0 saturated carbocycles. The summed E-state index contributed by atoms with van der Waals surface area (Å²) in [4.78, 5) is 11.1. The molecule has 2 aromatic rings.